The van der Waals surface area contributed by atoms with E-state index in [9.17, 15) is 14.4 Å². The standard InChI is InChI=1S/C26H21Cl2NO6S/c1-4-33-26(32)21-13(2)14(3)36-25(21)29-20(30)12-34-24-22(31)17-7-5-6-8-19(17)35-23(24)16-10-9-15(27)11-18(16)28/h5-11H,4,12H2,1-3H3,(H,29,30). The van der Waals surface area contributed by atoms with Crippen molar-refractivity contribution < 1.29 is 23.5 Å². The summed E-state index contributed by atoms with van der Waals surface area (Å²) >= 11 is 13.7. The molecule has 2 aromatic carbocycles. The second kappa shape index (κ2) is 10.7. The zero-order chi connectivity index (χ0) is 26.0. The number of aryl methyl sites for hydroxylation is 1. The van der Waals surface area contributed by atoms with Crippen molar-refractivity contribution in [2.45, 2.75) is 20.8 Å². The molecule has 0 atom stereocenters. The van der Waals surface area contributed by atoms with E-state index in [0.29, 0.717) is 26.7 Å². The average molecular weight is 546 g/mol. The van der Waals surface area contributed by atoms with Gasteiger partial charge in [-0.1, -0.05) is 35.3 Å². The zero-order valence-electron chi connectivity index (χ0n) is 19.6. The number of thiophene rings is 1. The Balaban J connectivity index is 1.67. The average Bonchev–Trinajstić information content (AvgIpc) is 3.11. The van der Waals surface area contributed by atoms with E-state index in [1.165, 1.54) is 17.4 Å². The molecule has 36 heavy (non-hydrogen) atoms. The Morgan fingerprint density at radius 1 is 1.11 bits per heavy atom. The topological polar surface area (TPSA) is 94.8 Å². The molecule has 2 aromatic heterocycles. The van der Waals surface area contributed by atoms with Gasteiger partial charge in [-0.25, -0.2) is 4.79 Å². The molecule has 7 nitrogen and oxygen atoms in total. The van der Waals surface area contributed by atoms with Gasteiger partial charge in [0, 0.05) is 15.5 Å². The number of esters is 1. The van der Waals surface area contributed by atoms with E-state index in [1.54, 1.807) is 50.2 Å². The molecule has 0 spiro atoms. The van der Waals surface area contributed by atoms with Crippen LogP contribution in [0.5, 0.6) is 5.75 Å². The number of benzene rings is 2. The lowest BCUT2D eigenvalue weighted by Crippen LogP contribution is -2.23. The van der Waals surface area contributed by atoms with Crippen LogP contribution >= 0.6 is 34.5 Å². The molecular formula is C26H21Cl2NO6S. The van der Waals surface area contributed by atoms with Crippen LogP contribution in [-0.4, -0.2) is 25.1 Å². The van der Waals surface area contributed by atoms with Crippen LogP contribution in [0, 0.1) is 13.8 Å². The number of carbonyl (C=O) groups excluding carboxylic acids is 2. The van der Waals surface area contributed by atoms with E-state index < -0.39 is 23.9 Å². The highest BCUT2D eigenvalue weighted by Gasteiger charge is 2.24. The van der Waals surface area contributed by atoms with Gasteiger partial charge in [-0.2, -0.15) is 0 Å². The number of fused-ring (bicyclic) bond motifs is 1. The highest BCUT2D eigenvalue weighted by molar-refractivity contribution is 7.16. The Labute approximate surface area is 220 Å². The highest BCUT2D eigenvalue weighted by atomic mass is 35.5. The third-order valence-electron chi connectivity index (χ3n) is 5.40. The molecule has 0 radical (unpaired) electrons. The van der Waals surface area contributed by atoms with Crippen LogP contribution in [0.2, 0.25) is 10.0 Å². The summed E-state index contributed by atoms with van der Waals surface area (Å²) in [6.45, 7) is 5.03. The minimum absolute atomic E-state index is 0.0724. The van der Waals surface area contributed by atoms with Crippen molar-refractivity contribution in [2.75, 3.05) is 18.5 Å². The van der Waals surface area contributed by atoms with Gasteiger partial charge in [-0.3, -0.25) is 9.59 Å². The lowest BCUT2D eigenvalue weighted by atomic mass is 10.1. The number of halogens is 2. The summed E-state index contributed by atoms with van der Waals surface area (Å²) in [5, 5.41) is 3.99. The summed E-state index contributed by atoms with van der Waals surface area (Å²) in [7, 11) is 0. The van der Waals surface area contributed by atoms with Crippen LogP contribution in [0.1, 0.15) is 27.7 Å². The fraction of sp³-hybridized carbons (Fsp3) is 0.192. The largest absolute Gasteiger partial charge is 0.476 e. The maximum Gasteiger partial charge on any atom is 0.341 e. The first kappa shape index (κ1) is 25.8. The van der Waals surface area contributed by atoms with E-state index in [-0.39, 0.29) is 28.5 Å². The van der Waals surface area contributed by atoms with Gasteiger partial charge in [0.2, 0.25) is 11.2 Å². The summed E-state index contributed by atoms with van der Waals surface area (Å²) in [6, 6.07) is 11.4. The van der Waals surface area contributed by atoms with Gasteiger partial charge in [0.05, 0.1) is 22.6 Å². The number of ether oxygens (including phenoxy) is 2. The lowest BCUT2D eigenvalue weighted by molar-refractivity contribution is -0.118. The quantitative estimate of drug-likeness (QED) is 0.261. The highest BCUT2D eigenvalue weighted by Crippen LogP contribution is 2.37. The zero-order valence-corrected chi connectivity index (χ0v) is 21.9. The maximum absolute atomic E-state index is 13.3. The van der Waals surface area contributed by atoms with E-state index >= 15 is 0 Å². The van der Waals surface area contributed by atoms with E-state index in [1.807, 2.05) is 6.92 Å². The summed E-state index contributed by atoms with van der Waals surface area (Å²) in [5.74, 6) is -1.19. The fourth-order valence-electron chi connectivity index (χ4n) is 3.57. The third-order valence-corrected chi connectivity index (χ3v) is 7.07. The molecule has 0 saturated heterocycles. The number of para-hydroxylation sites is 1. The lowest BCUT2D eigenvalue weighted by Gasteiger charge is -2.13. The summed E-state index contributed by atoms with van der Waals surface area (Å²) in [5.41, 5.74) is 1.29. The number of rotatable bonds is 7. The first-order valence-electron chi connectivity index (χ1n) is 10.9. The predicted molar refractivity (Wildman–Crippen MR) is 142 cm³/mol. The van der Waals surface area contributed by atoms with E-state index in [4.69, 9.17) is 37.1 Å². The van der Waals surface area contributed by atoms with Crippen molar-refractivity contribution in [1.29, 1.82) is 0 Å². The molecule has 0 bridgehead atoms. The Morgan fingerprint density at radius 2 is 1.86 bits per heavy atom. The van der Waals surface area contributed by atoms with Gasteiger partial charge >= 0.3 is 5.97 Å². The third kappa shape index (κ3) is 5.11. The first-order chi connectivity index (χ1) is 17.2. The van der Waals surface area contributed by atoms with Gasteiger partial charge < -0.3 is 19.2 Å². The van der Waals surface area contributed by atoms with Crippen molar-refractivity contribution in [3.8, 4) is 17.1 Å². The van der Waals surface area contributed by atoms with Crippen molar-refractivity contribution >= 4 is 62.4 Å². The molecule has 10 heteroatoms. The van der Waals surface area contributed by atoms with Crippen molar-refractivity contribution in [2.24, 2.45) is 0 Å². The molecule has 0 aliphatic carbocycles. The molecule has 0 aliphatic rings. The Kier molecular flexibility index (Phi) is 7.68. The SMILES string of the molecule is CCOC(=O)c1c(NC(=O)COc2c(-c3ccc(Cl)cc3Cl)oc3ccccc3c2=O)sc(C)c1C. The number of amides is 1. The summed E-state index contributed by atoms with van der Waals surface area (Å²) < 4.78 is 16.8. The number of hydrogen-bond donors (Lipinski definition) is 1. The van der Waals surface area contributed by atoms with Crippen LogP contribution < -0.4 is 15.5 Å². The van der Waals surface area contributed by atoms with Crippen LogP contribution in [-0.2, 0) is 9.53 Å². The molecule has 0 saturated carbocycles. The Morgan fingerprint density at radius 3 is 2.58 bits per heavy atom. The first-order valence-corrected chi connectivity index (χ1v) is 12.5. The smallest absolute Gasteiger partial charge is 0.341 e. The van der Waals surface area contributed by atoms with Crippen LogP contribution in [0.15, 0.2) is 51.7 Å². The predicted octanol–water partition coefficient (Wildman–Crippen LogP) is 6.64. The van der Waals surface area contributed by atoms with Crippen molar-refractivity contribution in [3.05, 3.63) is 78.7 Å². The van der Waals surface area contributed by atoms with Gasteiger partial charge in [0.1, 0.15) is 10.6 Å². The second-order valence-electron chi connectivity index (χ2n) is 7.75. The minimum atomic E-state index is -0.567. The minimum Gasteiger partial charge on any atom is -0.476 e. The molecule has 0 unspecified atom stereocenters. The second-order valence-corrected chi connectivity index (χ2v) is 9.82. The monoisotopic (exact) mass is 545 g/mol. The number of hydrogen-bond acceptors (Lipinski definition) is 7. The van der Waals surface area contributed by atoms with Crippen molar-refractivity contribution in [1.82, 2.24) is 0 Å². The number of anilines is 1. The van der Waals surface area contributed by atoms with Crippen molar-refractivity contribution in [3.63, 3.8) is 0 Å². The maximum atomic E-state index is 13.3. The normalized spacial score (nSPS) is 10.9. The molecule has 1 N–H and O–H groups in total. The van der Waals surface area contributed by atoms with Gasteiger partial charge in [-0.15, -0.1) is 11.3 Å². The van der Waals surface area contributed by atoms with Crippen LogP contribution in [0.4, 0.5) is 5.00 Å². The molecule has 2 heterocycles. The Hall–Kier alpha value is -3.33. The van der Waals surface area contributed by atoms with Gasteiger partial charge in [0.25, 0.3) is 5.91 Å². The van der Waals surface area contributed by atoms with Crippen LogP contribution in [0.3, 0.4) is 0 Å². The molecular weight excluding hydrogens is 525 g/mol. The molecule has 0 aliphatic heterocycles. The molecule has 4 aromatic rings. The Bertz CT molecular complexity index is 1540. The van der Waals surface area contributed by atoms with Gasteiger partial charge in [0.15, 0.2) is 12.4 Å². The molecule has 0 fully saturated rings. The number of nitrogens with one attached hydrogen (secondary N) is 1. The molecule has 4 rings (SSSR count). The van der Waals surface area contributed by atoms with Crippen LogP contribution in [0.25, 0.3) is 22.3 Å². The van der Waals surface area contributed by atoms with E-state index in [2.05, 4.69) is 5.32 Å². The fourth-order valence-corrected chi connectivity index (χ4v) is 5.13. The molecule has 186 valence electrons. The summed E-state index contributed by atoms with van der Waals surface area (Å²) in [6.07, 6.45) is 0. The number of carbonyl (C=O) groups is 2. The van der Waals surface area contributed by atoms with E-state index in [0.717, 1.165) is 10.4 Å². The van der Waals surface area contributed by atoms with Gasteiger partial charge in [-0.05, 0) is 56.7 Å². The summed E-state index contributed by atoms with van der Waals surface area (Å²) in [4.78, 5) is 39.4. The molecule has 1 amide bonds.